The molecule has 10 atom stereocenters. The van der Waals surface area contributed by atoms with Crippen LogP contribution in [0.5, 0.6) is 0 Å². The van der Waals surface area contributed by atoms with Crippen molar-refractivity contribution in [2.45, 2.75) is 115 Å². The van der Waals surface area contributed by atoms with E-state index in [9.17, 15) is 19.6 Å². The first-order valence-corrected chi connectivity index (χ1v) is 16.0. The molecule has 2 saturated heterocycles. The van der Waals surface area contributed by atoms with E-state index in [4.69, 9.17) is 20.3 Å². The lowest BCUT2D eigenvalue weighted by Gasteiger charge is -2.43. The summed E-state index contributed by atoms with van der Waals surface area (Å²) in [4.78, 5) is 30.5. The number of allylic oxidation sites excluding steroid dienone is 1. The third kappa shape index (κ3) is 5.05. The molecular formula is C27H45N2O8P. The number of carbonyl (C=O) groups excluding carboxylic acids is 1. The molecule has 0 aromatic rings. The second kappa shape index (κ2) is 10.5. The molecule has 216 valence electrons. The van der Waals surface area contributed by atoms with Crippen molar-refractivity contribution in [1.29, 1.82) is 0 Å². The average molecular weight is 557 g/mol. The summed E-state index contributed by atoms with van der Waals surface area (Å²) in [6, 6.07) is 0. The Labute approximate surface area is 225 Å². The van der Waals surface area contributed by atoms with Gasteiger partial charge in [0.1, 0.15) is 18.3 Å². The first-order chi connectivity index (χ1) is 18.0. The molecule has 5 aliphatic rings. The summed E-state index contributed by atoms with van der Waals surface area (Å²) in [5.41, 5.74) is 5.79. The fraction of sp³-hybridized carbons (Fsp3) is 0.889. The van der Waals surface area contributed by atoms with Crippen LogP contribution in [0.15, 0.2) is 12.2 Å². The zero-order valence-corrected chi connectivity index (χ0v) is 23.2. The number of phosphoric acid groups is 1. The Hall–Kier alpha value is -0.840. The predicted octanol–water partition coefficient (Wildman–Crippen LogP) is 2.49. The number of hydrogen-bond donors (Lipinski definition) is 6. The SMILES string of the molecule is CC1CC2(/C=C\C34CC3(C3OC(COP(=O)(O)O)C(O)C3O)C4CCCCCCCCCC2)C(N)NC1=O. The van der Waals surface area contributed by atoms with Gasteiger partial charge in [-0.15, -0.1) is 0 Å². The number of fused-ring (bicyclic) bond motifs is 1. The Bertz CT molecular complexity index is 975. The molecule has 10 nitrogen and oxygen atoms in total. The maximum Gasteiger partial charge on any atom is 0.469 e. The number of carbonyl (C=O) groups is 1. The van der Waals surface area contributed by atoms with Gasteiger partial charge in [0.25, 0.3) is 0 Å². The Balaban J connectivity index is 1.39. The molecule has 2 saturated carbocycles. The summed E-state index contributed by atoms with van der Waals surface area (Å²) in [6.45, 7) is 1.47. The van der Waals surface area contributed by atoms with Crippen molar-refractivity contribution in [3.05, 3.63) is 12.2 Å². The topological polar surface area (TPSA) is 172 Å². The van der Waals surface area contributed by atoms with Crippen molar-refractivity contribution in [2.24, 2.45) is 33.8 Å². The van der Waals surface area contributed by atoms with Gasteiger partial charge in [-0.1, -0.05) is 70.4 Å². The molecule has 5 rings (SSSR count). The quantitative estimate of drug-likeness (QED) is 0.225. The standard InChI is InChI=1S/C27H45N2O8P/c1-17-14-25(24(28)29-23(17)32)11-9-7-5-3-2-4-6-8-10-19-26(13-12-25)16-27(19,26)22-21(31)20(30)18(37-22)15-36-38(33,34)35/h12-13,17-22,24,30-31H,2-11,14-16,28H2,1H3,(H,29,32)(H2,33,34,35)/b13-12-. The molecule has 2 heterocycles. The number of nitrogens with one attached hydrogen (secondary N) is 1. The number of nitrogens with two attached hydrogens (primary N) is 1. The van der Waals surface area contributed by atoms with E-state index in [1.54, 1.807) is 0 Å². The van der Waals surface area contributed by atoms with Crippen LogP contribution in [0.2, 0.25) is 0 Å². The van der Waals surface area contributed by atoms with Crippen LogP contribution in [0.25, 0.3) is 0 Å². The number of ether oxygens (including phenoxy) is 1. The molecule has 0 aromatic carbocycles. The van der Waals surface area contributed by atoms with Gasteiger partial charge in [0.05, 0.1) is 18.9 Å². The second-order valence-corrected chi connectivity index (χ2v) is 13.9. The van der Waals surface area contributed by atoms with E-state index in [-0.39, 0.29) is 28.1 Å². The Morgan fingerprint density at radius 1 is 1.08 bits per heavy atom. The van der Waals surface area contributed by atoms with E-state index < -0.39 is 45.0 Å². The summed E-state index contributed by atoms with van der Waals surface area (Å²) in [5.74, 6) is 0.173. The maximum atomic E-state index is 12.4. The van der Waals surface area contributed by atoms with Gasteiger partial charge in [-0.05, 0) is 31.6 Å². The number of rotatable bonds is 4. The van der Waals surface area contributed by atoms with Crippen LogP contribution in [0.4, 0.5) is 0 Å². The second-order valence-electron chi connectivity index (χ2n) is 12.7. The van der Waals surface area contributed by atoms with Crippen LogP contribution in [0.1, 0.15) is 84.0 Å². The molecule has 11 heteroatoms. The summed E-state index contributed by atoms with van der Waals surface area (Å²) in [7, 11) is -4.73. The fourth-order valence-electron chi connectivity index (χ4n) is 8.11. The molecule has 0 radical (unpaired) electrons. The lowest BCUT2D eigenvalue weighted by atomic mass is 9.70. The van der Waals surface area contributed by atoms with Crippen molar-refractivity contribution in [3.8, 4) is 0 Å². The summed E-state index contributed by atoms with van der Waals surface area (Å²) < 4.78 is 21.9. The minimum Gasteiger partial charge on any atom is -0.388 e. The summed E-state index contributed by atoms with van der Waals surface area (Å²) in [6.07, 6.45) is 12.8. The number of phosphoric ester groups is 1. The van der Waals surface area contributed by atoms with E-state index in [1.807, 2.05) is 6.92 Å². The highest BCUT2D eigenvalue weighted by molar-refractivity contribution is 7.46. The minimum absolute atomic E-state index is 0.00400. The van der Waals surface area contributed by atoms with Crippen molar-refractivity contribution in [1.82, 2.24) is 5.32 Å². The molecule has 2 spiro atoms. The first-order valence-electron chi connectivity index (χ1n) is 14.4. The molecular weight excluding hydrogens is 511 g/mol. The lowest BCUT2D eigenvalue weighted by Crippen LogP contribution is -2.59. The molecule has 2 aliphatic heterocycles. The molecule has 1 amide bonds. The highest BCUT2D eigenvalue weighted by Gasteiger charge is 2.92. The largest absolute Gasteiger partial charge is 0.469 e. The highest BCUT2D eigenvalue weighted by Crippen LogP contribution is 2.94. The van der Waals surface area contributed by atoms with Gasteiger partial charge in [-0.2, -0.15) is 0 Å². The normalized spacial score (nSPS) is 48.8. The number of amides is 1. The van der Waals surface area contributed by atoms with Gasteiger partial charge in [0.2, 0.25) is 5.91 Å². The van der Waals surface area contributed by atoms with Crippen LogP contribution in [-0.4, -0.2) is 63.1 Å². The van der Waals surface area contributed by atoms with Gasteiger partial charge in [0, 0.05) is 22.2 Å². The van der Waals surface area contributed by atoms with Crippen LogP contribution < -0.4 is 11.1 Å². The van der Waals surface area contributed by atoms with E-state index in [0.717, 1.165) is 38.5 Å². The monoisotopic (exact) mass is 556 g/mol. The van der Waals surface area contributed by atoms with Crippen LogP contribution in [-0.2, 0) is 18.6 Å². The smallest absolute Gasteiger partial charge is 0.388 e. The zero-order chi connectivity index (χ0) is 27.3. The molecule has 10 unspecified atom stereocenters. The van der Waals surface area contributed by atoms with Crippen LogP contribution in [0.3, 0.4) is 0 Å². The van der Waals surface area contributed by atoms with Crippen molar-refractivity contribution < 1.29 is 38.6 Å². The van der Waals surface area contributed by atoms with E-state index >= 15 is 0 Å². The van der Waals surface area contributed by atoms with Crippen LogP contribution in [0, 0.1) is 28.1 Å². The molecule has 38 heavy (non-hydrogen) atoms. The predicted molar refractivity (Wildman–Crippen MR) is 139 cm³/mol. The average Bonchev–Trinajstić information content (AvgIpc) is 3.64. The van der Waals surface area contributed by atoms with Gasteiger partial charge >= 0.3 is 7.82 Å². The van der Waals surface area contributed by atoms with Gasteiger partial charge in [-0.25, -0.2) is 4.57 Å². The Kier molecular flexibility index (Phi) is 7.95. The van der Waals surface area contributed by atoms with Crippen LogP contribution >= 0.6 is 7.82 Å². The summed E-state index contributed by atoms with van der Waals surface area (Å²) >= 11 is 0. The van der Waals surface area contributed by atoms with Gasteiger partial charge in [0.15, 0.2) is 0 Å². The lowest BCUT2D eigenvalue weighted by molar-refractivity contribution is -0.130. The molecule has 4 fully saturated rings. The van der Waals surface area contributed by atoms with Crippen molar-refractivity contribution in [2.75, 3.05) is 6.61 Å². The number of aliphatic hydroxyl groups excluding tert-OH is 2. The molecule has 0 bridgehead atoms. The van der Waals surface area contributed by atoms with E-state index in [0.29, 0.717) is 12.3 Å². The van der Waals surface area contributed by atoms with Crippen molar-refractivity contribution >= 4 is 13.7 Å². The van der Waals surface area contributed by atoms with Gasteiger partial charge in [-0.3, -0.25) is 9.32 Å². The molecule has 7 N–H and O–H groups in total. The Morgan fingerprint density at radius 2 is 1.74 bits per heavy atom. The number of aliphatic hydroxyl groups is 2. The Morgan fingerprint density at radius 3 is 2.42 bits per heavy atom. The summed E-state index contributed by atoms with van der Waals surface area (Å²) in [5, 5.41) is 24.6. The molecule has 3 aliphatic carbocycles. The third-order valence-electron chi connectivity index (χ3n) is 10.4. The first kappa shape index (κ1) is 28.7. The number of piperidine rings is 1. The highest BCUT2D eigenvalue weighted by atomic mass is 31.2. The third-order valence-corrected chi connectivity index (χ3v) is 10.9. The zero-order valence-electron chi connectivity index (χ0n) is 22.3. The minimum atomic E-state index is -4.73. The van der Waals surface area contributed by atoms with E-state index in [1.165, 1.54) is 32.1 Å². The fourth-order valence-corrected chi connectivity index (χ4v) is 8.45. The maximum absolute atomic E-state index is 12.4. The molecule has 0 aromatic heterocycles. The number of hydrogen-bond acceptors (Lipinski definition) is 7. The van der Waals surface area contributed by atoms with Gasteiger partial charge < -0.3 is 35.8 Å². The van der Waals surface area contributed by atoms with E-state index in [2.05, 4.69) is 22.0 Å². The van der Waals surface area contributed by atoms with Crippen molar-refractivity contribution in [3.63, 3.8) is 0 Å².